The van der Waals surface area contributed by atoms with Crippen LogP contribution >= 0.6 is 0 Å². The van der Waals surface area contributed by atoms with Gasteiger partial charge < -0.3 is 15.0 Å². The molecule has 1 fully saturated rings. The van der Waals surface area contributed by atoms with Crippen molar-refractivity contribution in [3.8, 4) is 0 Å². The van der Waals surface area contributed by atoms with Crippen LogP contribution in [-0.4, -0.2) is 74.7 Å². The smallest absolute Gasteiger partial charge is 0.224 e. The van der Waals surface area contributed by atoms with E-state index in [1.165, 1.54) is 0 Å². The molecule has 0 bridgehead atoms. The Hall–Kier alpha value is -0.650. The summed E-state index contributed by atoms with van der Waals surface area (Å²) in [7, 11) is 1.87. The highest BCUT2D eigenvalue weighted by Gasteiger charge is 2.23. The van der Waals surface area contributed by atoms with Crippen molar-refractivity contribution in [2.24, 2.45) is 11.8 Å². The molecule has 1 aliphatic heterocycles. The lowest BCUT2D eigenvalue weighted by molar-refractivity contribution is -0.136. The monoisotopic (exact) mass is 299 g/mol. The number of nitrogens with one attached hydrogen (secondary N) is 1. The number of morpholine rings is 1. The van der Waals surface area contributed by atoms with Gasteiger partial charge in [0, 0.05) is 45.7 Å². The number of rotatable bonds is 8. The van der Waals surface area contributed by atoms with Gasteiger partial charge in [-0.25, -0.2) is 0 Å². The molecule has 0 aromatic carbocycles. The standard InChI is InChI=1S/C16H33N3O2/c1-13(2)10-17-6-7-19-8-9-21-15(12-19)11-18(5)16(20)14(3)4/h13-15,17H,6-12H2,1-5H3/t15-/m0/s1. The van der Waals surface area contributed by atoms with Gasteiger partial charge in [0.1, 0.15) is 0 Å². The molecule has 1 saturated heterocycles. The minimum absolute atomic E-state index is 0.0509. The van der Waals surface area contributed by atoms with Crippen LogP contribution in [0.5, 0.6) is 0 Å². The van der Waals surface area contributed by atoms with Crippen molar-refractivity contribution in [3.05, 3.63) is 0 Å². The molecule has 0 saturated carbocycles. The van der Waals surface area contributed by atoms with Gasteiger partial charge >= 0.3 is 0 Å². The van der Waals surface area contributed by atoms with E-state index < -0.39 is 0 Å². The van der Waals surface area contributed by atoms with Crippen LogP contribution in [0.2, 0.25) is 0 Å². The molecule has 0 aromatic rings. The fourth-order valence-electron chi connectivity index (χ4n) is 2.56. The maximum Gasteiger partial charge on any atom is 0.224 e. The second-order valence-electron chi connectivity index (χ2n) is 6.76. The Morgan fingerprint density at radius 2 is 2.10 bits per heavy atom. The highest BCUT2D eigenvalue weighted by molar-refractivity contribution is 5.77. The lowest BCUT2D eigenvalue weighted by atomic mass is 10.2. The molecule has 1 atom stereocenters. The Balaban J connectivity index is 2.27. The molecule has 1 aliphatic rings. The second-order valence-corrected chi connectivity index (χ2v) is 6.76. The summed E-state index contributed by atoms with van der Waals surface area (Å²) in [4.78, 5) is 16.1. The van der Waals surface area contributed by atoms with Crippen LogP contribution in [0.15, 0.2) is 0 Å². The summed E-state index contributed by atoms with van der Waals surface area (Å²) in [6.07, 6.45) is 0.136. The number of carbonyl (C=O) groups excluding carboxylic acids is 1. The number of ether oxygens (including phenoxy) is 1. The maximum atomic E-state index is 11.9. The van der Waals surface area contributed by atoms with E-state index in [4.69, 9.17) is 4.74 Å². The van der Waals surface area contributed by atoms with E-state index in [0.717, 1.165) is 39.3 Å². The van der Waals surface area contributed by atoms with Crippen LogP contribution in [0.25, 0.3) is 0 Å². The first-order valence-corrected chi connectivity index (χ1v) is 8.19. The second kappa shape index (κ2) is 9.38. The molecular weight excluding hydrogens is 266 g/mol. The Morgan fingerprint density at radius 1 is 1.38 bits per heavy atom. The molecular formula is C16H33N3O2. The van der Waals surface area contributed by atoms with E-state index in [1.807, 2.05) is 20.9 Å². The number of carbonyl (C=O) groups is 1. The lowest BCUT2D eigenvalue weighted by Gasteiger charge is -2.35. The van der Waals surface area contributed by atoms with Gasteiger partial charge in [-0.1, -0.05) is 27.7 Å². The Labute approximate surface area is 130 Å². The van der Waals surface area contributed by atoms with E-state index in [0.29, 0.717) is 12.5 Å². The molecule has 1 amide bonds. The largest absolute Gasteiger partial charge is 0.374 e. The first-order chi connectivity index (χ1) is 9.90. The van der Waals surface area contributed by atoms with Crippen LogP contribution in [0.4, 0.5) is 0 Å². The Kier molecular flexibility index (Phi) is 8.22. The summed E-state index contributed by atoms with van der Waals surface area (Å²) in [5.74, 6) is 0.933. The Bertz CT molecular complexity index is 308. The number of nitrogens with zero attached hydrogens (tertiary/aromatic N) is 2. The SMILES string of the molecule is CC(C)CNCCN1CCO[C@@H](CN(C)C(=O)C(C)C)C1. The van der Waals surface area contributed by atoms with E-state index in [9.17, 15) is 4.79 Å². The summed E-state index contributed by atoms with van der Waals surface area (Å²) < 4.78 is 5.80. The predicted octanol–water partition coefficient (Wildman–Crippen LogP) is 1.05. The predicted molar refractivity (Wildman–Crippen MR) is 86.4 cm³/mol. The van der Waals surface area contributed by atoms with Crippen LogP contribution in [0.3, 0.4) is 0 Å². The molecule has 5 nitrogen and oxygen atoms in total. The molecule has 0 radical (unpaired) electrons. The van der Waals surface area contributed by atoms with Crippen molar-refractivity contribution in [1.29, 1.82) is 0 Å². The van der Waals surface area contributed by atoms with Crippen LogP contribution in [-0.2, 0) is 9.53 Å². The zero-order valence-electron chi connectivity index (χ0n) is 14.4. The maximum absolute atomic E-state index is 11.9. The number of hydrogen-bond donors (Lipinski definition) is 1. The van der Waals surface area contributed by atoms with Gasteiger partial charge in [0.05, 0.1) is 12.7 Å². The summed E-state index contributed by atoms with van der Waals surface area (Å²) in [6.45, 7) is 14.8. The van der Waals surface area contributed by atoms with Crippen molar-refractivity contribution in [2.45, 2.75) is 33.8 Å². The molecule has 124 valence electrons. The Morgan fingerprint density at radius 3 is 2.71 bits per heavy atom. The van der Waals surface area contributed by atoms with Gasteiger partial charge in [-0.05, 0) is 12.5 Å². The molecule has 1 heterocycles. The lowest BCUT2D eigenvalue weighted by Crippen LogP contribution is -2.49. The molecule has 0 unspecified atom stereocenters. The molecule has 1 N–H and O–H groups in total. The third-order valence-corrected chi connectivity index (χ3v) is 3.73. The highest BCUT2D eigenvalue weighted by Crippen LogP contribution is 2.08. The van der Waals surface area contributed by atoms with Gasteiger partial charge in [0.2, 0.25) is 5.91 Å². The van der Waals surface area contributed by atoms with E-state index in [2.05, 4.69) is 24.1 Å². The van der Waals surface area contributed by atoms with Crippen molar-refractivity contribution in [3.63, 3.8) is 0 Å². The zero-order chi connectivity index (χ0) is 15.8. The minimum Gasteiger partial charge on any atom is -0.374 e. The summed E-state index contributed by atoms with van der Waals surface area (Å²) in [5, 5.41) is 3.47. The van der Waals surface area contributed by atoms with Gasteiger partial charge in [-0.15, -0.1) is 0 Å². The topological polar surface area (TPSA) is 44.8 Å². The summed E-state index contributed by atoms with van der Waals surface area (Å²) >= 11 is 0. The van der Waals surface area contributed by atoms with Crippen LogP contribution < -0.4 is 5.32 Å². The van der Waals surface area contributed by atoms with Gasteiger partial charge in [-0.3, -0.25) is 9.69 Å². The van der Waals surface area contributed by atoms with Crippen molar-refractivity contribution >= 4 is 5.91 Å². The number of amides is 1. The summed E-state index contributed by atoms with van der Waals surface area (Å²) in [6, 6.07) is 0. The van der Waals surface area contributed by atoms with Crippen molar-refractivity contribution in [2.75, 3.05) is 52.9 Å². The average Bonchev–Trinajstić information content (AvgIpc) is 2.42. The van der Waals surface area contributed by atoms with E-state index >= 15 is 0 Å². The molecule has 0 aromatic heterocycles. The number of hydrogen-bond acceptors (Lipinski definition) is 4. The molecule has 1 rings (SSSR count). The van der Waals surface area contributed by atoms with E-state index in [-0.39, 0.29) is 17.9 Å². The van der Waals surface area contributed by atoms with Gasteiger partial charge in [0.15, 0.2) is 0 Å². The fourth-order valence-corrected chi connectivity index (χ4v) is 2.56. The first kappa shape index (κ1) is 18.4. The fraction of sp³-hybridized carbons (Fsp3) is 0.938. The third kappa shape index (κ3) is 7.25. The van der Waals surface area contributed by atoms with Crippen molar-refractivity contribution < 1.29 is 9.53 Å². The molecule has 0 spiro atoms. The minimum atomic E-state index is 0.0509. The average molecular weight is 299 g/mol. The zero-order valence-corrected chi connectivity index (χ0v) is 14.4. The molecule has 0 aliphatic carbocycles. The van der Waals surface area contributed by atoms with Crippen molar-refractivity contribution in [1.82, 2.24) is 15.1 Å². The molecule has 21 heavy (non-hydrogen) atoms. The quantitative estimate of drug-likeness (QED) is 0.681. The van der Waals surface area contributed by atoms with Crippen LogP contribution in [0, 0.1) is 11.8 Å². The first-order valence-electron chi connectivity index (χ1n) is 8.19. The number of likely N-dealkylation sites (N-methyl/N-ethyl adjacent to an activating group) is 1. The summed E-state index contributed by atoms with van der Waals surface area (Å²) in [5.41, 5.74) is 0. The van der Waals surface area contributed by atoms with Gasteiger partial charge in [-0.2, -0.15) is 0 Å². The molecule has 5 heteroatoms. The third-order valence-electron chi connectivity index (χ3n) is 3.73. The van der Waals surface area contributed by atoms with Gasteiger partial charge in [0.25, 0.3) is 0 Å². The van der Waals surface area contributed by atoms with Crippen LogP contribution in [0.1, 0.15) is 27.7 Å². The van der Waals surface area contributed by atoms with E-state index in [1.54, 1.807) is 4.90 Å². The highest BCUT2D eigenvalue weighted by atomic mass is 16.5. The normalized spacial score (nSPS) is 20.2.